The molecule has 26 heavy (non-hydrogen) atoms. The number of anilines is 1. The number of hydrogen-bond donors (Lipinski definition) is 1. The molecule has 3 aromatic rings. The Bertz CT molecular complexity index is 1070. The number of aromatic amines is 1. The highest BCUT2D eigenvalue weighted by molar-refractivity contribution is 5.88. The van der Waals surface area contributed by atoms with Gasteiger partial charge in [-0.3, -0.25) is 4.79 Å². The minimum atomic E-state index is -0.0765. The monoisotopic (exact) mass is 344 g/mol. The molecule has 1 N–H and O–H groups in total. The average Bonchev–Trinajstić information content (AvgIpc) is 2.59. The molecule has 0 bridgehead atoms. The molecule has 1 aromatic heterocycles. The number of nitrogens with one attached hydrogen (secondary N) is 1. The highest BCUT2D eigenvalue weighted by atomic mass is 16.1. The number of nitrogens with zero attached hydrogens (tertiary/aromatic N) is 1. The van der Waals surface area contributed by atoms with E-state index in [2.05, 4.69) is 37.6 Å². The molecule has 0 aliphatic rings. The van der Waals surface area contributed by atoms with E-state index < -0.39 is 0 Å². The van der Waals surface area contributed by atoms with Gasteiger partial charge in [0.05, 0.1) is 0 Å². The van der Waals surface area contributed by atoms with E-state index in [4.69, 9.17) is 0 Å². The molecule has 0 atom stereocenters. The summed E-state index contributed by atoms with van der Waals surface area (Å²) in [5.74, 6) is 6.47. The molecule has 1 heterocycles. The lowest BCUT2D eigenvalue weighted by Gasteiger charge is -2.13. The molecule has 3 heteroatoms. The minimum absolute atomic E-state index is 0.0442. The standard InChI is InChI=1S/C23H24N2O/c1-23(2,3)12-11-16-7-6-8-18(13-16)21-14-17-9-10-19(25(4)5)15-20(17)22(26)24-21/h6-10,13-15H,1-5H3,(H,24,26). The molecule has 0 amide bonds. The van der Waals surface area contributed by atoms with E-state index >= 15 is 0 Å². The van der Waals surface area contributed by atoms with E-state index in [1.54, 1.807) is 0 Å². The zero-order chi connectivity index (χ0) is 18.9. The van der Waals surface area contributed by atoms with Crippen LogP contribution in [0.4, 0.5) is 5.69 Å². The van der Waals surface area contributed by atoms with Crippen LogP contribution >= 0.6 is 0 Å². The number of aromatic nitrogens is 1. The van der Waals surface area contributed by atoms with Gasteiger partial charge in [-0.1, -0.05) is 30.0 Å². The molecule has 0 aliphatic heterocycles. The van der Waals surface area contributed by atoms with Crippen molar-refractivity contribution in [2.75, 3.05) is 19.0 Å². The topological polar surface area (TPSA) is 36.1 Å². The molecule has 0 fully saturated rings. The summed E-state index contributed by atoms with van der Waals surface area (Å²) in [7, 11) is 3.93. The van der Waals surface area contributed by atoms with Crippen LogP contribution in [0.1, 0.15) is 26.3 Å². The molecule has 0 saturated carbocycles. The molecule has 0 aliphatic carbocycles. The van der Waals surface area contributed by atoms with E-state index in [0.717, 1.165) is 27.9 Å². The fourth-order valence-corrected chi connectivity index (χ4v) is 2.71. The first-order chi connectivity index (χ1) is 12.2. The second kappa shape index (κ2) is 6.72. The Morgan fingerprint density at radius 3 is 2.46 bits per heavy atom. The Hall–Kier alpha value is -2.99. The Morgan fingerprint density at radius 2 is 1.77 bits per heavy atom. The smallest absolute Gasteiger partial charge is 0.256 e. The maximum Gasteiger partial charge on any atom is 0.256 e. The largest absolute Gasteiger partial charge is 0.378 e. The highest BCUT2D eigenvalue weighted by Crippen LogP contribution is 2.23. The van der Waals surface area contributed by atoms with Gasteiger partial charge in [0, 0.05) is 41.8 Å². The number of benzene rings is 2. The normalized spacial score (nSPS) is 11.1. The summed E-state index contributed by atoms with van der Waals surface area (Å²) in [5.41, 5.74) is 3.60. The van der Waals surface area contributed by atoms with Crippen molar-refractivity contribution >= 4 is 16.5 Å². The molecule has 0 unspecified atom stereocenters. The van der Waals surface area contributed by atoms with E-state index in [1.807, 2.05) is 67.5 Å². The lowest BCUT2D eigenvalue weighted by atomic mass is 9.97. The lowest BCUT2D eigenvalue weighted by molar-refractivity contribution is 0.571. The van der Waals surface area contributed by atoms with Gasteiger partial charge in [-0.2, -0.15) is 0 Å². The third kappa shape index (κ3) is 3.97. The molecule has 3 nitrogen and oxygen atoms in total. The zero-order valence-corrected chi connectivity index (χ0v) is 16.0. The highest BCUT2D eigenvalue weighted by Gasteiger charge is 2.07. The number of pyridine rings is 1. The summed E-state index contributed by atoms with van der Waals surface area (Å²) >= 11 is 0. The van der Waals surface area contributed by atoms with Gasteiger partial charge < -0.3 is 9.88 Å². The first kappa shape index (κ1) is 17.8. The van der Waals surface area contributed by atoms with Gasteiger partial charge in [-0.25, -0.2) is 0 Å². The van der Waals surface area contributed by atoms with Crippen molar-refractivity contribution in [2.45, 2.75) is 20.8 Å². The summed E-state index contributed by atoms with van der Waals surface area (Å²) in [6.45, 7) is 6.27. The number of H-pyrrole nitrogens is 1. The Balaban J connectivity index is 2.07. The summed E-state index contributed by atoms with van der Waals surface area (Å²) in [4.78, 5) is 17.6. The zero-order valence-electron chi connectivity index (χ0n) is 16.0. The van der Waals surface area contributed by atoms with E-state index in [9.17, 15) is 4.79 Å². The van der Waals surface area contributed by atoms with Gasteiger partial charge >= 0.3 is 0 Å². The van der Waals surface area contributed by atoms with Crippen molar-refractivity contribution in [3.63, 3.8) is 0 Å². The first-order valence-corrected chi connectivity index (χ1v) is 8.71. The summed E-state index contributed by atoms with van der Waals surface area (Å²) in [6.07, 6.45) is 0. The quantitative estimate of drug-likeness (QED) is 0.687. The summed E-state index contributed by atoms with van der Waals surface area (Å²) in [6, 6.07) is 15.9. The van der Waals surface area contributed by atoms with Crippen LogP contribution in [0.5, 0.6) is 0 Å². The van der Waals surface area contributed by atoms with E-state index in [1.165, 1.54) is 0 Å². The van der Waals surface area contributed by atoms with Crippen molar-refractivity contribution in [3.05, 3.63) is 64.4 Å². The first-order valence-electron chi connectivity index (χ1n) is 8.71. The second-order valence-corrected chi connectivity index (χ2v) is 7.76. The fourth-order valence-electron chi connectivity index (χ4n) is 2.71. The molecule has 2 aromatic carbocycles. The van der Waals surface area contributed by atoms with Gasteiger partial charge in [0.1, 0.15) is 0 Å². The lowest BCUT2D eigenvalue weighted by Crippen LogP contribution is -2.11. The second-order valence-electron chi connectivity index (χ2n) is 7.76. The van der Waals surface area contributed by atoms with Crippen LogP contribution in [0.2, 0.25) is 0 Å². The maximum atomic E-state index is 12.6. The van der Waals surface area contributed by atoms with Gasteiger partial charge in [-0.05, 0) is 62.1 Å². The van der Waals surface area contributed by atoms with Crippen molar-refractivity contribution in [1.82, 2.24) is 4.98 Å². The summed E-state index contributed by atoms with van der Waals surface area (Å²) < 4.78 is 0. The van der Waals surface area contributed by atoms with Crippen molar-refractivity contribution in [2.24, 2.45) is 5.41 Å². The molecule has 0 spiro atoms. The third-order valence-corrected chi connectivity index (χ3v) is 4.10. The molecular weight excluding hydrogens is 320 g/mol. The molecule has 132 valence electrons. The minimum Gasteiger partial charge on any atom is -0.378 e. The van der Waals surface area contributed by atoms with Crippen molar-refractivity contribution in [3.8, 4) is 23.1 Å². The number of hydrogen-bond acceptors (Lipinski definition) is 2. The molecular formula is C23H24N2O. The van der Waals surface area contributed by atoms with Crippen molar-refractivity contribution < 1.29 is 0 Å². The van der Waals surface area contributed by atoms with E-state index in [-0.39, 0.29) is 11.0 Å². The predicted octanol–water partition coefficient (Wildman–Crippen LogP) is 4.66. The van der Waals surface area contributed by atoms with Crippen molar-refractivity contribution in [1.29, 1.82) is 0 Å². The Kier molecular flexibility index (Phi) is 4.61. The maximum absolute atomic E-state index is 12.6. The van der Waals surface area contributed by atoms with E-state index in [0.29, 0.717) is 5.39 Å². The van der Waals surface area contributed by atoms with Gasteiger partial charge in [0.25, 0.3) is 5.56 Å². The SMILES string of the molecule is CN(C)c1ccc2cc(-c3cccc(C#CC(C)(C)C)c3)[nH]c(=O)c2c1. The Morgan fingerprint density at radius 1 is 1.00 bits per heavy atom. The van der Waals surface area contributed by atoms with Crippen LogP contribution in [0, 0.1) is 17.3 Å². The predicted molar refractivity (Wildman–Crippen MR) is 111 cm³/mol. The average molecular weight is 344 g/mol. The molecule has 0 saturated heterocycles. The molecule has 3 rings (SSSR count). The van der Waals surface area contributed by atoms with Gasteiger partial charge in [-0.15, -0.1) is 0 Å². The number of fused-ring (bicyclic) bond motifs is 1. The van der Waals surface area contributed by atoms with Crippen LogP contribution in [0.3, 0.4) is 0 Å². The van der Waals surface area contributed by atoms with Gasteiger partial charge in [0.2, 0.25) is 0 Å². The summed E-state index contributed by atoms with van der Waals surface area (Å²) in [5, 5.41) is 1.63. The van der Waals surface area contributed by atoms with Crippen LogP contribution < -0.4 is 10.5 Å². The fraction of sp³-hybridized carbons (Fsp3) is 0.261. The van der Waals surface area contributed by atoms with Crippen LogP contribution in [0.25, 0.3) is 22.0 Å². The van der Waals surface area contributed by atoms with Crippen LogP contribution in [0.15, 0.2) is 53.3 Å². The third-order valence-electron chi connectivity index (χ3n) is 4.10. The van der Waals surface area contributed by atoms with Crippen LogP contribution in [-0.4, -0.2) is 19.1 Å². The van der Waals surface area contributed by atoms with Crippen LogP contribution in [-0.2, 0) is 0 Å². The van der Waals surface area contributed by atoms with Gasteiger partial charge in [0.15, 0.2) is 0 Å². The Labute approximate surface area is 154 Å². The molecule has 0 radical (unpaired) electrons. The number of rotatable bonds is 2.